The van der Waals surface area contributed by atoms with E-state index >= 15 is 0 Å². The van der Waals surface area contributed by atoms with E-state index in [1.807, 2.05) is 36.4 Å². The highest BCUT2D eigenvalue weighted by Gasteiger charge is 2.17. The van der Waals surface area contributed by atoms with E-state index in [0.29, 0.717) is 12.2 Å². The van der Waals surface area contributed by atoms with Gasteiger partial charge in [-0.25, -0.2) is 0 Å². The predicted molar refractivity (Wildman–Crippen MR) is 99.5 cm³/mol. The molecule has 0 saturated heterocycles. The third-order valence-corrected chi connectivity index (χ3v) is 4.19. The van der Waals surface area contributed by atoms with Crippen LogP contribution >= 0.6 is 0 Å². The van der Waals surface area contributed by atoms with Gasteiger partial charge in [0.05, 0.1) is 0 Å². The van der Waals surface area contributed by atoms with E-state index in [1.54, 1.807) is 43.3 Å². The van der Waals surface area contributed by atoms with Crippen LogP contribution in [0.2, 0.25) is 0 Å². The Balaban J connectivity index is 1.98. The van der Waals surface area contributed by atoms with Crippen LogP contribution in [-0.4, -0.2) is 16.2 Å². The number of carbonyl (C=O) groups excluding carboxylic acids is 1. The molecule has 26 heavy (non-hydrogen) atoms. The standard InChI is InChI=1S/C22H20O4/c1-2-21(25)26-20-13-7-17(8-14-20)22(15-3-9-18(23)10-4-15)16-5-11-19(24)12-6-16/h3-14,22-24H,2H2,1H3. The number of rotatable bonds is 5. The van der Waals surface area contributed by atoms with Gasteiger partial charge in [0, 0.05) is 12.3 Å². The molecule has 2 N–H and O–H groups in total. The second-order valence-electron chi connectivity index (χ2n) is 6.01. The summed E-state index contributed by atoms with van der Waals surface area (Å²) in [6.45, 7) is 1.75. The lowest BCUT2D eigenvalue weighted by Gasteiger charge is -2.19. The first-order chi connectivity index (χ1) is 12.6. The van der Waals surface area contributed by atoms with Crippen molar-refractivity contribution < 1.29 is 19.7 Å². The summed E-state index contributed by atoms with van der Waals surface area (Å²) in [5.41, 5.74) is 3.02. The number of esters is 1. The van der Waals surface area contributed by atoms with Gasteiger partial charge in [0.25, 0.3) is 0 Å². The maximum absolute atomic E-state index is 11.4. The fourth-order valence-corrected chi connectivity index (χ4v) is 2.84. The average molecular weight is 348 g/mol. The summed E-state index contributed by atoms with van der Waals surface area (Å²) in [4.78, 5) is 11.4. The van der Waals surface area contributed by atoms with E-state index in [2.05, 4.69) is 0 Å². The van der Waals surface area contributed by atoms with Crippen LogP contribution in [0.4, 0.5) is 0 Å². The molecule has 0 fully saturated rings. The Morgan fingerprint density at radius 3 is 1.54 bits per heavy atom. The van der Waals surface area contributed by atoms with E-state index in [-0.39, 0.29) is 23.4 Å². The molecule has 132 valence electrons. The van der Waals surface area contributed by atoms with E-state index in [9.17, 15) is 15.0 Å². The van der Waals surface area contributed by atoms with Crippen LogP contribution in [0, 0.1) is 0 Å². The van der Waals surface area contributed by atoms with Crippen LogP contribution in [-0.2, 0) is 4.79 Å². The Morgan fingerprint density at radius 2 is 1.15 bits per heavy atom. The molecule has 0 aliphatic heterocycles. The van der Waals surface area contributed by atoms with Crippen LogP contribution in [0.3, 0.4) is 0 Å². The lowest BCUT2D eigenvalue weighted by atomic mass is 9.85. The Bertz CT molecular complexity index is 820. The van der Waals surface area contributed by atoms with Gasteiger partial charge in [-0.15, -0.1) is 0 Å². The maximum Gasteiger partial charge on any atom is 0.310 e. The lowest BCUT2D eigenvalue weighted by molar-refractivity contribution is -0.134. The minimum Gasteiger partial charge on any atom is -0.508 e. The summed E-state index contributed by atoms with van der Waals surface area (Å²) in [6, 6.07) is 21.5. The summed E-state index contributed by atoms with van der Waals surface area (Å²) in [5.74, 6) is 0.578. The molecule has 0 spiro atoms. The number of hydrogen-bond donors (Lipinski definition) is 2. The third kappa shape index (κ3) is 4.03. The number of phenolic OH excluding ortho intramolecular Hbond substituents is 2. The van der Waals surface area contributed by atoms with Crippen LogP contribution in [0.1, 0.15) is 36.0 Å². The van der Waals surface area contributed by atoms with Crippen LogP contribution in [0.5, 0.6) is 17.2 Å². The molecule has 3 aromatic carbocycles. The van der Waals surface area contributed by atoms with Gasteiger partial charge >= 0.3 is 5.97 Å². The molecule has 0 heterocycles. The number of aromatic hydroxyl groups is 2. The highest BCUT2D eigenvalue weighted by atomic mass is 16.5. The van der Waals surface area contributed by atoms with Crippen molar-refractivity contribution >= 4 is 5.97 Å². The van der Waals surface area contributed by atoms with Gasteiger partial charge in [-0.1, -0.05) is 43.3 Å². The van der Waals surface area contributed by atoms with Crippen molar-refractivity contribution in [2.45, 2.75) is 19.3 Å². The zero-order valence-corrected chi connectivity index (χ0v) is 14.4. The first-order valence-electron chi connectivity index (χ1n) is 8.45. The first kappa shape index (κ1) is 17.5. The number of carbonyl (C=O) groups is 1. The van der Waals surface area contributed by atoms with Gasteiger partial charge in [-0.3, -0.25) is 4.79 Å². The molecule has 3 rings (SSSR count). The van der Waals surface area contributed by atoms with E-state index in [4.69, 9.17) is 4.74 Å². The fraction of sp³-hybridized carbons (Fsp3) is 0.136. The molecular weight excluding hydrogens is 328 g/mol. The molecule has 0 radical (unpaired) electrons. The quantitative estimate of drug-likeness (QED) is 0.402. The monoisotopic (exact) mass is 348 g/mol. The lowest BCUT2D eigenvalue weighted by Crippen LogP contribution is -2.06. The van der Waals surface area contributed by atoms with Crippen molar-refractivity contribution in [1.29, 1.82) is 0 Å². The first-order valence-corrected chi connectivity index (χ1v) is 8.45. The zero-order valence-electron chi connectivity index (χ0n) is 14.4. The second kappa shape index (κ2) is 7.74. The Labute approximate surface area is 152 Å². The molecule has 0 aliphatic carbocycles. The molecule has 0 unspecified atom stereocenters. The second-order valence-corrected chi connectivity index (χ2v) is 6.01. The molecule has 0 aliphatic rings. The highest BCUT2D eigenvalue weighted by molar-refractivity contribution is 5.71. The molecule has 0 atom stereocenters. The van der Waals surface area contributed by atoms with Gasteiger partial charge in [0.15, 0.2) is 0 Å². The van der Waals surface area contributed by atoms with Gasteiger partial charge in [0.2, 0.25) is 0 Å². The molecule has 4 heteroatoms. The Kier molecular flexibility index (Phi) is 5.23. The number of ether oxygens (including phenoxy) is 1. The number of phenols is 2. The van der Waals surface area contributed by atoms with Crippen molar-refractivity contribution in [2.24, 2.45) is 0 Å². The summed E-state index contributed by atoms with van der Waals surface area (Å²) in [5, 5.41) is 19.2. The summed E-state index contributed by atoms with van der Waals surface area (Å²) in [7, 11) is 0. The summed E-state index contributed by atoms with van der Waals surface area (Å²) < 4.78 is 5.24. The third-order valence-electron chi connectivity index (χ3n) is 4.19. The molecule has 0 aromatic heterocycles. The zero-order chi connectivity index (χ0) is 18.5. The van der Waals surface area contributed by atoms with Crippen LogP contribution < -0.4 is 4.74 Å². The van der Waals surface area contributed by atoms with Crippen molar-refractivity contribution in [2.75, 3.05) is 0 Å². The highest BCUT2D eigenvalue weighted by Crippen LogP contribution is 2.34. The minimum atomic E-state index is -0.272. The molecular formula is C22H20O4. The minimum absolute atomic E-state index is 0.0767. The van der Waals surface area contributed by atoms with Crippen molar-refractivity contribution in [3.63, 3.8) is 0 Å². The molecule has 3 aromatic rings. The van der Waals surface area contributed by atoms with Crippen molar-refractivity contribution in [3.05, 3.63) is 89.5 Å². The SMILES string of the molecule is CCC(=O)Oc1ccc(C(c2ccc(O)cc2)c2ccc(O)cc2)cc1. The van der Waals surface area contributed by atoms with E-state index in [1.165, 1.54) is 0 Å². The van der Waals surface area contributed by atoms with Crippen molar-refractivity contribution in [3.8, 4) is 17.2 Å². The van der Waals surface area contributed by atoms with Gasteiger partial charge in [-0.2, -0.15) is 0 Å². The molecule has 4 nitrogen and oxygen atoms in total. The predicted octanol–water partition coefficient (Wildman–Crippen LogP) is 4.59. The fourth-order valence-electron chi connectivity index (χ4n) is 2.84. The average Bonchev–Trinajstić information content (AvgIpc) is 2.66. The largest absolute Gasteiger partial charge is 0.508 e. The van der Waals surface area contributed by atoms with Crippen LogP contribution in [0.15, 0.2) is 72.8 Å². The topological polar surface area (TPSA) is 66.8 Å². The van der Waals surface area contributed by atoms with Gasteiger partial charge in [0.1, 0.15) is 17.2 Å². The smallest absolute Gasteiger partial charge is 0.310 e. The van der Waals surface area contributed by atoms with E-state index in [0.717, 1.165) is 16.7 Å². The van der Waals surface area contributed by atoms with Gasteiger partial charge < -0.3 is 14.9 Å². The Hall–Kier alpha value is -3.27. The molecule has 0 saturated carbocycles. The number of hydrogen-bond acceptors (Lipinski definition) is 4. The maximum atomic E-state index is 11.4. The van der Waals surface area contributed by atoms with Gasteiger partial charge in [-0.05, 0) is 53.1 Å². The number of benzene rings is 3. The van der Waals surface area contributed by atoms with Crippen LogP contribution in [0.25, 0.3) is 0 Å². The Morgan fingerprint density at radius 1 is 0.769 bits per heavy atom. The van der Waals surface area contributed by atoms with Crippen molar-refractivity contribution in [1.82, 2.24) is 0 Å². The molecule has 0 bridgehead atoms. The summed E-state index contributed by atoms with van der Waals surface area (Å²) >= 11 is 0. The normalized spacial score (nSPS) is 10.7. The summed E-state index contributed by atoms with van der Waals surface area (Å²) in [6.07, 6.45) is 0.325. The van der Waals surface area contributed by atoms with E-state index < -0.39 is 0 Å². The molecule has 0 amide bonds.